The fourth-order valence-corrected chi connectivity index (χ4v) is 2.59. The van der Waals surface area contributed by atoms with Crippen LogP contribution in [0.1, 0.15) is 5.56 Å². The Morgan fingerprint density at radius 1 is 0.720 bits per heavy atom. The molecule has 3 nitrogen and oxygen atoms in total. The zero-order chi connectivity index (χ0) is 16.9. The molecule has 0 unspecified atom stereocenters. The fourth-order valence-electron chi connectivity index (χ4n) is 2.59. The summed E-state index contributed by atoms with van der Waals surface area (Å²) >= 11 is 0. The Balaban J connectivity index is 1.80. The third-order valence-corrected chi connectivity index (χ3v) is 3.81. The molecule has 0 aromatic carbocycles. The number of hydrogen-bond donors (Lipinski definition) is 0. The molecule has 25 heavy (non-hydrogen) atoms. The molecule has 0 radical (unpaired) electrons. The molecule has 1 aliphatic rings. The summed E-state index contributed by atoms with van der Waals surface area (Å²) in [6.07, 6.45) is 11.7. The lowest BCUT2D eigenvalue weighted by Gasteiger charge is -2.06. The Kier molecular flexibility index (Phi) is 4.18. The molecule has 3 heteroatoms. The molecule has 0 atom stereocenters. The molecule has 0 saturated heterocycles. The van der Waals surface area contributed by atoms with Crippen molar-refractivity contribution in [1.82, 2.24) is 15.0 Å². The monoisotopic (exact) mass is 321 g/mol. The van der Waals surface area contributed by atoms with Crippen LogP contribution in [-0.4, -0.2) is 15.0 Å². The predicted molar refractivity (Wildman–Crippen MR) is 99.3 cm³/mol. The summed E-state index contributed by atoms with van der Waals surface area (Å²) in [7, 11) is 0. The van der Waals surface area contributed by atoms with Gasteiger partial charge < -0.3 is 0 Å². The highest BCUT2D eigenvalue weighted by Crippen LogP contribution is 2.22. The normalized spacial score (nSPS) is 12.8. The minimum Gasteiger partial charge on any atom is -0.255 e. The van der Waals surface area contributed by atoms with Crippen LogP contribution >= 0.6 is 0 Å². The van der Waals surface area contributed by atoms with Crippen molar-refractivity contribution in [2.75, 3.05) is 0 Å². The Labute approximate surface area is 146 Å². The van der Waals surface area contributed by atoms with E-state index in [0.29, 0.717) is 0 Å². The first kappa shape index (κ1) is 15.0. The van der Waals surface area contributed by atoms with Crippen molar-refractivity contribution in [3.05, 3.63) is 90.8 Å². The van der Waals surface area contributed by atoms with Crippen LogP contribution < -0.4 is 0 Å². The van der Waals surface area contributed by atoms with Crippen LogP contribution in [0.15, 0.2) is 85.2 Å². The zero-order valence-electron chi connectivity index (χ0n) is 13.5. The average Bonchev–Trinajstić information content (AvgIpc) is 3.21. The van der Waals surface area contributed by atoms with E-state index in [1.165, 1.54) is 0 Å². The van der Waals surface area contributed by atoms with Gasteiger partial charge in [0.2, 0.25) is 0 Å². The van der Waals surface area contributed by atoms with Crippen LogP contribution in [0.3, 0.4) is 0 Å². The van der Waals surface area contributed by atoms with Crippen LogP contribution in [0.4, 0.5) is 0 Å². The Morgan fingerprint density at radius 2 is 1.32 bits per heavy atom. The smallest absolute Gasteiger partial charge is 0.0906 e. The highest BCUT2D eigenvalue weighted by atomic mass is 14.8. The van der Waals surface area contributed by atoms with Gasteiger partial charge in [0.1, 0.15) is 0 Å². The first-order valence-corrected chi connectivity index (χ1v) is 8.10. The molecule has 0 saturated carbocycles. The van der Waals surface area contributed by atoms with Crippen molar-refractivity contribution >= 4 is 0 Å². The number of allylic oxidation sites excluding steroid dienone is 4. The van der Waals surface area contributed by atoms with Crippen LogP contribution in [0, 0.1) is 17.8 Å². The summed E-state index contributed by atoms with van der Waals surface area (Å²) < 4.78 is 0. The molecule has 0 amide bonds. The molecule has 0 N–H and O–H groups in total. The maximum atomic E-state index is 4.73. The summed E-state index contributed by atoms with van der Waals surface area (Å²) in [4.78, 5) is 13.6. The van der Waals surface area contributed by atoms with E-state index in [1.807, 2.05) is 60.7 Å². The molecule has 0 spiro atoms. The Bertz CT molecular complexity index is 924. The van der Waals surface area contributed by atoms with Gasteiger partial charge in [-0.2, -0.15) is 0 Å². The van der Waals surface area contributed by atoms with Crippen LogP contribution in [-0.2, 0) is 0 Å². The molecule has 0 fully saturated rings. The van der Waals surface area contributed by atoms with E-state index in [4.69, 9.17) is 4.98 Å². The highest BCUT2D eigenvalue weighted by molar-refractivity contribution is 5.65. The third kappa shape index (κ3) is 3.54. The van der Waals surface area contributed by atoms with Gasteiger partial charge in [0.25, 0.3) is 0 Å². The van der Waals surface area contributed by atoms with Gasteiger partial charge in [0, 0.05) is 18.0 Å². The fraction of sp³-hybridized carbons (Fsp3) is 0.0455. The first-order valence-electron chi connectivity index (χ1n) is 8.10. The van der Waals surface area contributed by atoms with Gasteiger partial charge in [-0.05, 0) is 36.4 Å². The summed E-state index contributed by atoms with van der Waals surface area (Å²) in [5.41, 5.74) is 4.15. The van der Waals surface area contributed by atoms with Crippen molar-refractivity contribution in [1.29, 1.82) is 0 Å². The standard InChI is InChI=1S/C22H15N3/c1-2-8-17(7-1)11-12-18-15-21(19-9-3-5-13-23-19)25-22(16-18)20-10-4-6-14-24-20/h1-10,13-17H. The van der Waals surface area contributed by atoms with E-state index in [0.717, 1.165) is 28.3 Å². The molecule has 1 aliphatic carbocycles. The first-order chi connectivity index (χ1) is 12.4. The maximum absolute atomic E-state index is 4.73. The summed E-state index contributed by atoms with van der Waals surface area (Å²) in [6.45, 7) is 0. The van der Waals surface area contributed by atoms with Gasteiger partial charge in [-0.1, -0.05) is 48.3 Å². The minimum absolute atomic E-state index is 0.171. The summed E-state index contributed by atoms with van der Waals surface area (Å²) in [5, 5.41) is 0. The van der Waals surface area contributed by atoms with Gasteiger partial charge in [-0.25, -0.2) is 4.98 Å². The molecule has 0 aliphatic heterocycles. The molecular weight excluding hydrogens is 306 g/mol. The summed E-state index contributed by atoms with van der Waals surface area (Å²) in [6, 6.07) is 15.5. The van der Waals surface area contributed by atoms with Crippen molar-refractivity contribution in [2.24, 2.45) is 5.92 Å². The topological polar surface area (TPSA) is 38.7 Å². The maximum Gasteiger partial charge on any atom is 0.0906 e. The number of pyridine rings is 3. The van der Waals surface area contributed by atoms with E-state index in [1.54, 1.807) is 12.4 Å². The lowest BCUT2D eigenvalue weighted by atomic mass is 10.1. The van der Waals surface area contributed by atoms with Gasteiger partial charge in [0.15, 0.2) is 0 Å². The van der Waals surface area contributed by atoms with Crippen molar-refractivity contribution in [3.63, 3.8) is 0 Å². The van der Waals surface area contributed by atoms with Gasteiger partial charge in [-0.15, -0.1) is 0 Å². The number of aromatic nitrogens is 3. The molecule has 0 bridgehead atoms. The molecule has 3 heterocycles. The van der Waals surface area contributed by atoms with Gasteiger partial charge in [-0.3, -0.25) is 9.97 Å². The Hall–Kier alpha value is -3.51. The SMILES string of the molecule is C(#CC1C=CC=C1)c1cc(-c2ccccn2)nc(-c2ccccn2)c1. The molecule has 3 aromatic rings. The lowest BCUT2D eigenvalue weighted by molar-refractivity contribution is 1.15. The van der Waals surface area contributed by atoms with Gasteiger partial charge in [0.05, 0.1) is 28.7 Å². The third-order valence-electron chi connectivity index (χ3n) is 3.81. The van der Waals surface area contributed by atoms with Gasteiger partial charge >= 0.3 is 0 Å². The van der Waals surface area contributed by atoms with E-state index in [2.05, 4.69) is 34.0 Å². The second-order valence-corrected chi connectivity index (χ2v) is 5.62. The van der Waals surface area contributed by atoms with Crippen molar-refractivity contribution < 1.29 is 0 Å². The van der Waals surface area contributed by atoms with Crippen molar-refractivity contribution in [3.8, 4) is 34.6 Å². The van der Waals surface area contributed by atoms with Crippen LogP contribution in [0.2, 0.25) is 0 Å². The van der Waals surface area contributed by atoms with E-state index < -0.39 is 0 Å². The van der Waals surface area contributed by atoms with Crippen LogP contribution in [0.25, 0.3) is 22.8 Å². The lowest BCUT2D eigenvalue weighted by Crippen LogP contribution is -1.94. The number of nitrogens with zero attached hydrogens (tertiary/aromatic N) is 3. The second kappa shape index (κ2) is 6.94. The highest BCUT2D eigenvalue weighted by Gasteiger charge is 2.08. The molecule has 4 rings (SSSR count). The number of hydrogen-bond acceptors (Lipinski definition) is 3. The average molecular weight is 321 g/mol. The van der Waals surface area contributed by atoms with E-state index >= 15 is 0 Å². The number of rotatable bonds is 2. The second-order valence-electron chi connectivity index (χ2n) is 5.62. The van der Waals surface area contributed by atoms with Crippen molar-refractivity contribution in [2.45, 2.75) is 0 Å². The summed E-state index contributed by atoms with van der Waals surface area (Å²) in [5.74, 6) is 6.69. The van der Waals surface area contributed by atoms with Crippen LogP contribution in [0.5, 0.6) is 0 Å². The zero-order valence-corrected chi connectivity index (χ0v) is 13.5. The van der Waals surface area contributed by atoms with E-state index in [9.17, 15) is 0 Å². The quantitative estimate of drug-likeness (QED) is 0.661. The minimum atomic E-state index is 0.171. The molecular formula is C22H15N3. The molecule has 3 aromatic heterocycles. The van der Waals surface area contributed by atoms with E-state index in [-0.39, 0.29) is 5.92 Å². The molecule has 118 valence electrons. The Morgan fingerprint density at radius 3 is 1.84 bits per heavy atom. The predicted octanol–water partition coefficient (Wildman–Crippen LogP) is 4.30. The largest absolute Gasteiger partial charge is 0.255 e.